The second-order valence-corrected chi connectivity index (χ2v) is 9.75. The summed E-state index contributed by atoms with van der Waals surface area (Å²) in [7, 11) is 1.98. The summed E-state index contributed by atoms with van der Waals surface area (Å²) in [5.74, 6) is -1.58. The largest absolute Gasteiger partial charge is 0.543 e. The number of aliphatic hydroxyl groups is 1. The van der Waals surface area contributed by atoms with E-state index in [-0.39, 0.29) is 23.6 Å². The van der Waals surface area contributed by atoms with Crippen LogP contribution in [0.15, 0.2) is 23.2 Å². The molecule has 4 rings (SSSR count). The molecule has 2 aromatic heterocycles. The van der Waals surface area contributed by atoms with Crippen molar-refractivity contribution in [1.29, 1.82) is 0 Å². The predicted octanol–water partition coefficient (Wildman–Crippen LogP) is -0.415. The molecule has 156 valence electrons. The van der Waals surface area contributed by atoms with Gasteiger partial charge in [0.05, 0.1) is 41.7 Å². The van der Waals surface area contributed by atoms with Crippen LogP contribution in [0.5, 0.6) is 0 Å². The molecule has 10 heteroatoms. The number of aryl methyl sites for hydroxylation is 1. The van der Waals surface area contributed by atoms with E-state index in [0.717, 1.165) is 26.9 Å². The van der Waals surface area contributed by atoms with Crippen LogP contribution in [-0.4, -0.2) is 50.9 Å². The van der Waals surface area contributed by atoms with Crippen molar-refractivity contribution in [1.82, 2.24) is 9.47 Å². The van der Waals surface area contributed by atoms with E-state index in [1.807, 2.05) is 35.5 Å². The third kappa shape index (κ3) is 3.00. The number of nitrogens with two attached hydrogens (primary N) is 1. The SMILES string of the molecule is C[C@@H](O)[C@H]1C(=O)N2C(C(=O)[O-])=C(c3c[n+]4cn(C)c(SCCCN)c4s3)[C@H](C)[C@H]12. The first-order chi connectivity index (χ1) is 13.8. The fourth-order valence-corrected chi connectivity index (χ4v) is 6.91. The van der Waals surface area contributed by atoms with Crippen LogP contribution in [0.3, 0.4) is 0 Å². The number of fused-ring (bicyclic) bond motifs is 2. The monoisotopic (exact) mass is 436 g/mol. The summed E-state index contributed by atoms with van der Waals surface area (Å²) in [5, 5.41) is 23.0. The van der Waals surface area contributed by atoms with Gasteiger partial charge < -0.3 is 25.6 Å². The van der Waals surface area contributed by atoms with Crippen LogP contribution in [0.2, 0.25) is 0 Å². The lowest BCUT2D eigenvalue weighted by Crippen LogP contribution is -2.64. The van der Waals surface area contributed by atoms with Gasteiger partial charge in [0.25, 0.3) is 0 Å². The van der Waals surface area contributed by atoms with Gasteiger partial charge in [0.2, 0.25) is 22.1 Å². The van der Waals surface area contributed by atoms with Crippen molar-refractivity contribution in [3.05, 3.63) is 23.1 Å². The minimum absolute atomic E-state index is 0.0596. The molecule has 0 aliphatic carbocycles. The quantitative estimate of drug-likeness (QED) is 0.264. The smallest absolute Gasteiger partial charge is 0.250 e. The highest BCUT2D eigenvalue weighted by atomic mass is 32.2. The third-order valence-electron chi connectivity index (χ3n) is 5.72. The number of carboxylic acids is 1. The van der Waals surface area contributed by atoms with Gasteiger partial charge in [0, 0.05) is 17.2 Å². The summed E-state index contributed by atoms with van der Waals surface area (Å²) in [4.78, 5) is 27.6. The molecule has 1 fully saturated rings. The number of hydrogen-bond acceptors (Lipinski definition) is 7. The van der Waals surface area contributed by atoms with Gasteiger partial charge in [0.1, 0.15) is 6.20 Å². The fraction of sp³-hybridized carbons (Fsp3) is 0.526. The van der Waals surface area contributed by atoms with Gasteiger partial charge in [-0.2, -0.15) is 4.40 Å². The molecule has 29 heavy (non-hydrogen) atoms. The van der Waals surface area contributed by atoms with Gasteiger partial charge in [-0.3, -0.25) is 4.79 Å². The number of carboxylic acid groups (broad SMARTS) is 1. The number of nitrogens with zero attached hydrogens (tertiary/aromatic N) is 3. The molecule has 8 nitrogen and oxygen atoms in total. The van der Waals surface area contributed by atoms with E-state index in [4.69, 9.17) is 5.73 Å². The number of carbonyl (C=O) groups is 2. The highest BCUT2D eigenvalue weighted by Gasteiger charge is 2.59. The summed E-state index contributed by atoms with van der Waals surface area (Å²) < 4.78 is 4.03. The zero-order valence-electron chi connectivity index (χ0n) is 16.5. The minimum atomic E-state index is -1.35. The molecule has 0 radical (unpaired) electrons. The highest BCUT2D eigenvalue weighted by molar-refractivity contribution is 7.99. The average Bonchev–Trinajstić information content (AvgIpc) is 3.23. The number of rotatable bonds is 7. The summed E-state index contributed by atoms with van der Waals surface area (Å²) in [6.45, 7) is 4.12. The standard InChI is InChI=1S/C19H24N4O4S2/c1-9-12(15(19(26)27)23-14(9)13(10(2)24)16(23)25)11-7-22-8-21(3)17(18(22)29-11)28-6-4-5-20/h7-10,13-14,24H,4-6,20H2,1-3H3/t9-,10+,13+,14+/m0/s1. The molecule has 0 bridgehead atoms. The Labute approximate surface area is 176 Å². The van der Waals surface area contributed by atoms with Gasteiger partial charge in [-0.1, -0.05) is 30.0 Å². The Hall–Kier alpha value is -1.88. The summed E-state index contributed by atoms with van der Waals surface area (Å²) in [5.41, 5.74) is 6.15. The Morgan fingerprint density at radius 1 is 1.52 bits per heavy atom. The van der Waals surface area contributed by atoms with E-state index in [0.29, 0.717) is 12.1 Å². The highest BCUT2D eigenvalue weighted by Crippen LogP contribution is 2.51. The van der Waals surface area contributed by atoms with Crippen molar-refractivity contribution >= 4 is 45.4 Å². The molecule has 1 amide bonds. The lowest BCUT2D eigenvalue weighted by atomic mass is 9.77. The number of thioether (sulfide) groups is 1. The van der Waals surface area contributed by atoms with Crippen LogP contribution in [0.1, 0.15) is 25.1 Å². The van der Waals surface area contributed by atoms with Crippen LogP contribution in [0.25, 0.3) is 10.4 Å². The molecule has 0 aromatic carbocycles. The van der Waals surface area contributed by atoms with Gasteiger partial charge in [-0.25, -0.2) is 4.57 Å². The topological polar surface area (TPSA) is 116 Å². The molecule has 4 heterocycles. The first-order valence-electron chi connectivity index (χ1n) is 9.58. The number of aliphatic carboxylic acids is 1. The Morgan fingerprint density at radius 3 is 2.86 bits per heavy atom. The predicted molar refractivity (Wildman–Crippen MR) is 108 cm³/mol. The van der Waals surface area contributed by atoms with Crippen molar-refractivity contribution < 1.29 is 24.2 Å². The normalized spacial score (nSPS) is 24.9. The number of amides is 1. The van der Waals surface area contributed by atoms with Crippen molar-refractivity contribution in [3.8, 4) is 0 Å². The Balaban J connectivity index is 1.76. The first-order valence-corrected chi connectivity index (χ1v) is 11.4. The molecular formula is C19H24N4O4S2. The molecule has 0 unspecified atom stereocenters. The second kappa shape index (κ2) is 7.42. The fourth-order valence-electron chi connectivity index (χ4n) is 4.42. The third-order valence-corrected chi connectivity index (χ3v) is 8.24. The molecule has 1 saturated heterocycles. The maximum Gasteiger partial charge on any atom is 0.250 e. The molecule has 3 N–H and O–H groups in total. The summed E-state index contributed by atoms with van der Waals surface area (Å²) >= 11 is 3.23. The number of β-lactam (4-membered cyclic amide) rings is 1. The van der Waals surface area contributed by atoms with Crippen LogP contribution in [0, 0.1) is 11.8 Å². The Morgan fingerprint density at radius 2 is 2.24 bits per heavy atom. The summed E-state index contributed by atoms with van der Waals surface area (Å²) in [6, 6.07) is -0.346. The van der Waals surface area contributed by atoms with Crippen molar-refractivity contribution in [2.75, 3.05) is 12.3 Å². The number of imidazole rings is 1. The van der Waals surface area contributed by atoms with Gasteiger partial charge in [0.15, 0.2) is 0 Å². The molecule has 0 spiro atoms. The zero-order valence-corrected chi connectivity index (χ0v) is 18.1. The van der Waals surface area contributed by atoms with Crippen LogP contribution >= 0.6 is 23.1 Å². The number of hydrogen-bond donors (Lipinski definition) is 2. The Kier molecular flexibility index (Phi) is 5.22. The molecule has 2 aromatic rings. The van der Waals surface area contributed by atoms with E-state index < -0.39 is 18.0 Å². The van der Waals surface area contributed by atoms with Crippen LogP contribution in [-0.2, 0) is 16.6 Å². The van der Waals surface area contributed by atoms with Crippen molar-refractivity contribution in [2.24, 2.45) is 24.6 Å². The molecule has 4 atom stereocenters. The van der Waals surface area contributed by atoms with Gasteiger partial charge in [-0.15, -0.1) is 0 Å². The first kappa shape index (κ1) is 20.4. The average molecular weight is 437 g/mol. The van der Waals surface area contributed by atoms with E-state index in [9.17, 15) is 19.8 Å². The van der Waals surface area contributed by atoms with Gasteiger partial charge in [-0.05, 0) is 19.9 Å². The lowest BCUT2D eigenvalue weighted by molar-refractivity contribution is -0.508. The second-order valence-electron chi connectivity index (χ2n) is 7.63. The van der Waals surface area contributed by atoms with E-state index in [1.165, 1.54) is 16.2 Å². The number of carbonyl (C=O) groups excluding carboxylic acids is 2. The molecule has 0 saturated carbocycles. The van der Waals surface area contributed by atoms with E-state index in [1.54, 1.807) is 18.7 Å². The maximum atomic E-state index is 12.5. The molecule has 2 aliphatic rings. The molecular weight excluding hydrogens is 412 g/mol. The Bertz CT molecular complexity index is 1020. The summed E-state index contributed by atoms with van der Waals surface area (Å²) in [6.07, 6.45) is 3.96. The van der Waals surface area contributed by atoms with E-state index in [2.05, 4.69) is 0 Å². The van der Waals surface area contributed by atoms with Gasteiger partial charge >= 0.3 is 0 Å². The lowest BCUT2D eigenvalue weighted by Gasteiger charge is -2.47. The number of aliphatic hydroxyl groups excluding tert-OH is 1. The van der Waals surface area contributed by atoms with E-state index >= 15 is 0 Å². The number of thiazole rings is 1. The van der Waals surface area contributed by atoms with Crippen LogP contribution in [0.4, 0.5) is 0 Å². The van der Waals surface area contributed by atoms with Crippen molar-refractivity contribution in [3.63, 3.8) is 0 Å². The number of aromatic nitrogens is 2. The van der Waals surface area contributed by atoms with Crippen LogP contribution < -0.4 is 15.2 Å². The molecule has 2 aliphatic heterocycles. The van der Waals surface area contributed by atoms with Crippen molar-refractivity contribution in [2.45, 2.75) is 37.4 Å². The minimum Gasteiger partial charge on any atom is -0.543 e. The zero-order chi connectivity index (χ0) is 21.0. The maximum absolute atomic E-state index is 12.5.